The summed E-state index contributed by atoms with van der Waals surface area (Å²) in [5.74, 6) is -0.451. The van der Waals surface area contributed by atoms with E-state index in [1.54, 1.807) is 24.4 Å². The number of rotatable bonds is 6. The van der Waals surface area contributed by atoms with Gasteiger partial charge in [0.1, 0.15) is 5.82 Å². The van der Waals surface area contributed by atoms with Gasteiger partial charge in [-0.1, -0.05) is 19.9 Å². The van der Waals surface area contributed by atoms with Gasteiger partial charge in [-0.3, -0.25) is 10.1 Å². The topological polar surface area (TPSA) is 80.3 Å². The highest BCUT2D eigenvalue weighted by atomic mass is 32.1. The molecule has 6 nitrogen and oxygen atoms in total. The minimum Gasteiger partial charge on any atom is -0.449 e. The number of benzene rings is 1. The van der Waals surface area contributed by atoms with E-state index in [0.717, 1.165) is 0 Å². The summed E-state index contributed by atoms with van der Waals surface area (Å²) in [6.45, 7) is 5.84. The van der Waals surface area contributed by atoms with Crippen molar-refractivity contribution in [2.75, 3.05) is 17.2 Å². The van der Waals surface area contributed by atoms with E-state index in [4.69, 9.17) is 4.74 Å². The molecule has 0 aliphatic heterocycles. The summed E-state index contributed by atoms with van der Waals surface area (Å²) in [5, 5.41) is 7.17. The summed E-state index contributed by atoms with van der Waals surface area (Å²) in [7, 11) is 0. The van der Waals surface area contributed by atoms with Crippen LogP contribution in [0.3, 0.4) is 0 Å². The molecule has 1 heterocycles. The zero-order chi connectivity index (χ0) is 18.4. The van der Waals surface area contributed by atoms with Crippen LogP contribution in [-0.4, -0.2) is 23.6 Å². The molecule has 2 N–H and O–H groups in total. The highest BCUT2D eigenvalue weighted by Crippen LogP contribution is 2.17. The Labute approximate surface area is 149 Å². The molecule has 0 saturated carbocycles. The number of ether oxygens (including phenoxy) is 1. The molecule has 25 heavy (non-hydrogen) atoms. The second-order valence-corrected chi connectivity index (χ2v) is 6.81. The average molecular weight is 365 g/mol. The first-order chi connectivity index (χ1) is 11.8. The van der Waals surface area contributed by atoms with Crippen molar-refractivity contribution < 1.29 is 18.7 Å². The highest BCUT2D eigenvalue weighted by Gasteiger charge is 2.11. The van der Waals surface area contributed by atoms with Gasteiger partial charge in [-0.05, 0) is 30.5 Å². The molecule has 0 unspecified atom stereocenters. The van der Waals surface area contributed by atoms with Gasteiger partial charge in [0.2, 0.25) is 5.91 Å². The number of nitrogens with zero attached hydrogens (tertiary/aromatic N) is 1. The molecule has 1 aromatic heterocycles. The van der Waals surface area contributed by atoms with Crippen LogP contribution >= 0.6 is 11.3 Å². The van der Waals surface area contributed by atoms with Crippen molar-refractivity contribution >= 4 is 34.2 Å². The fourth-order valence-corrected chi connectivity index (χ4v) is 2.55. The van der Waals surface area contributed by atoms with Crippen molar-refractivity contribution in [3.8, 4) is 0 Å². The number of aryl methyl sites for hydroxylation is 1. The number of hydrogen-bond donors (Lipinski definition) is 2. The van der Waals surface area contributed by atoms with Crippen LogP contribution in [0.2, 0.25) is 0 Å². The summed E-state index contributed by atoms with van der Waals surface area (Å²) in [5.41, 5.74) is 1.41. The zero-order valence-corrected chi connectivity index (χ0v) is 15.1. The molecule has 2 rings (SSSR count). The van der Waals surface area contributed by atoms with E-state index >= 15 is 0 Å². The van der Waals surface area contributed by atoms with Crippen LogP contribution < -0.4 is 10.6 Å². The van der Waals surface area contributed by atoms with Gasteiger partial charge in [0.05, 0.1) is 18.7 Å². The number of carbonyl (C=O) groups excluding carboxylic acids is 2. The normalized spacial score (nSPS) is 10.6. The van der Waals surface area contributed by atoms with E-state index in [9.17, 15) is 14.0 Å². The van der Waals surface area contributed by atoms with Crippen LogP contribution in [0.4, 0.5) is 20.0 Å². The van der Waals surface area contributed by atoms with Gasteiger partial charge < -0.3 is 10.1 Å². The molecular formula is C17H20FN3O3S. The quantitative estimate of drug-likeness (QED) is 0.811. The third kappa shape index (κ3) is 6.15. The molecule has 2 amide bonds. The molecule has 2 aromatic rings. The molecule has 0 aliphatic carbocycles. The monoisotopic (exact) mass is 365 g/mol. The molecule has 8 heteroatoms. The van der Waals surface area contributed by atoms with E-state index in [0.29, 0.717) is 28.7 Å². The highest BCUT2D eigenvalue weighted by molar-refractivity contribution is 7.13. The van der Waals surface area contributed by atoms with Gasteiger partial charge in [0.25, 0.3) is 0 Å². The van der Waals surface area contributed by atoms with Crippen LogP contribution in [0.1, 0.15) is 25.1 Å². The maximum absolute atomic E-state index is 13.5. The molecule has 0 saturated heterocycles. The largest absolute Gasteiger partial charge is 0.449 e. The number of hydrogen-bond acceptors (Lipinski definition) is 5. The van der Waals surface area contributed by atoms with Crippen LogP contribution in [-0.2, 0) is 16.0 Å². The Hall–Kier alpha value is -2.48. The lowest BCUT2D eigenvalue weighted by Crippen LogP contribution is -2.17. The molecule has 0 atom stereocenters. The SMILES string of the molecule is Cc1ccc(NC(=O)Cc2csc(NC(=O)OCC(C)C)n2)cc1F. The number of aromatic nitrogens is 1. The molecular weight excluding hydrogens is 345 g/mol. The van der Waals surface area contributed by atoms with Crippen LogP contribution in [0.15, 0.2) is 23.6 Å². The molecule has 0 aliphatic rings. The van der Waals surface area contributed by atoms with Crippen LogP contribution in [0.5, 0.6) is 0 Å². The van der Waals surface area contributed by atoms with E-state index in [-0.39, 0.29) is 24.1 Å². The Balaban J connectivity index is 1.86. The molecule has 134 valence electrons. The fourth-order valence-electron chi connectivity index (χ4n) is 1.85. The predicted octanol–water partition coefficient (Wildman–Crippen LogP) is 3.98. The van der Waals surface area contributed by atoms with Gasteiger partial charge in [0, 0.05) is 11.1 Å². The lowest BCUT2D eigenvalue weighted by atomic mass is 10.2. The Bertz CT molecular complexity index is 761. The Morgan fingerprint density at radius 3 is 2.76 bits per heavy atom. The number of anilines is 2. The lowest BCUT2D eigenvalue weighted by Gasteiger charge is -2.06. The molecule has 1 aromatic carbocycles. The summed E-state index contributed by atoms with van der Waals surface area (Å²) < 4.78 is 18.5. The predicted molar refractivity (Wildman–Crippen MR) is 95.4 cm³/mol. The van der Waals surface area contributed by atoms with Crippen molar-refractivity contribution in [1.82, 2.24) is 4.98 Å². The van der Waals surface area contributed by atoms with E-state index < -0.39 is 6.09 Å². The van der Waals surface area contributed by atoms with Gasteiger partial charge in [-0.15, -0.1) is 11.3 Å². The van der Waals surface area contributed by atoms with Gasteiger partial charge in [0.15, 0.2) is 5.13 Å². The second-order valence-electron chi connectivity index (χ2n) is 5.95. The third-order valence-corrected chi connectivity index (χ3v) is 3.91. The van der Waals surface area contributed by atoms with E-state index in [2.05, 4.69) is 15.6 Å². The molecule has 0 spiro atoms. The first-order valence-corrected chi connectivity index (χ1v) is 8.65. The Kier molecular flexibility index (Phi) is 6.46. The summed E-state index contributed by atoms with van der Waals surface area (Å²) in [6, 6.07) is 4.50. The number of carbonyl (C=O) groups is 2. The molecule has 0 radical (unpaired) electrons. The molecule has 0 fully saturated rings. The Morgan fingerprint density at radius 2 is 2.08 bits per heavy atom. The molecule has 0 bridgehead atoms. The number of nitrogens with one attached hydrogen (secondary N) is 2. The zero-order valence-electron chi connectivity index (χ0n) is 14.3. The van der Waals surface area contributed by atoms with E-state index in [1.165, 1.54) is 17.4 Å². The second kappa shape index (κ2) is 8.57. The Morgan fingerprint density at radius 1 is 1.32 bits per heavy atom. The van der Waals surface area contributed by atoms with Crippen molar-refractivity contribution in [2.45, 2.75) is 27.2 Å². The third-order valence-electron chi connectivity index (χ3n) is 3.11. The van der Waals surface area contributed by atoms with Crippen LogP contribution in [0.25, 0.3) is 0 Å². The summed E-state index contributed by atoms with van der Waals surface area (Å²) >= 11 is 1.20. The smallest absolute Gasteiger partial charge is 0.413 e. The van der Waals surface area contributed by atoms with Crippen molar-refractivity contribution in [1.29, 1.82) is 0 Å². The maximum atomic E-state index is 13.5. The fraction of sp³-hybridized carbons (Fsp3) is 0.353. The van der Waals surface area contributed by atoms with E-state index in [1.807, 2.05) is 13.8 Å². The van der Waals surface area contributed by atoms with Gasteiger partial charge in [-0.25, -0.2) is 14.2 Å². The summed E-state index contributed by atoms with van der Waals surface area (Å²) in [4.78, 5) is 27.7. The van der Waals surface area contributed by atoms with Crippen LogP contribution in [0, 0.1) is 18.7 Å². The minimum atomic E-state index is -0.575. The minimum absolute atomic E-state index is 0.0225. The number of amides is 2. The van der Waals surface area contributed by atoms with Gasteiger partial charge >= 0.3 is 6.09 Å². The maximum Gasteiger partial charge on any atom is 0.413 e. The first-order valence-electron chi connectivity index (χ1n) is 7.77. The van der Waals surface area contributed by atoms with Gasteiger partial charge in [-0.2, -0.15) is 0 Å². The standard InChI is InChI=1S/C17H20FN3O3S/c1-10(2)8-24-17(23)21-16-20-13(9-25-16)7-15(22)19-12-5-4-11(3)14(18)6-12/h4-6,9-10H,7-8H2,1-3H3,(H,19,22)(H,20,21,23). The summed E-state index contributed by atoms with van der Waals surface area (Å²) in [6.07, 6.45) is -0.552. The first kappa shape index (κ1) is 18.9. The van der Waals surface area contributed by atoms with Crippen molar-refractivity contribution in [2.24, 2.45) is 5.92 Å². The van der Waals surface area contributed by atoms with Crippen molar-refractivity contribution in [3.63, 3.8) is 0 Å². The lowest BCUT2D eigenvalue weighted by molar-refractivity contribution is -0.115. The number of halogens is 1. The van der Waals surface area contributed by atoms with Crippen molar-refractivity contribution in [3.05, 3.63) is 40.7 Å². The average Bonchev–Trinajstić information content (AvgIpc) is 2.95. The number of thiazole rings is 1.